The Morgan fingerprint density at radius 2 is 2.24 bits per heavy atom. The molecular weight excluding hydrogens is 272 g/mol. The molecule has 0 unspecified atom stereocenters. The predicted octanol–water partition coefficient (Wildman–Crippen LogP) is 2.79. The molecule has 21 heavy (non-hydrogen) atoms. The van der Waals surface area contributed by atoms with Gasteiger partial charge in [-0.1, -0.05) is 13.8 Å². The summed E-state index contributed by atoms with van der Waals surface area (Å²) in [5, 5.41) is 0. The number of carbonyl (C=O) groups is 1. The Kier molecular flexibility index (Phi) is 3.80. The Morgan fingerprint density at radius 1 is 1.43 bits per heavy atom. The van der Waals surface area contributed by atoms with Crippen molar-refractivity contribution in [1.82, 2.24) is 0 Å². The zero-order valence-corrected chi connectivity index (χ0v) is 12.8. The average molecular weight is 294 g/mol. The molecule has 5 nitrogen and oxygen atoms in total. The lowest BCUT2D eigenvalue weighted by Gasteiger charge is -2.58. The van der Waals surface area contributed by atoms with Gasteiger partial charge >= 0.3 is 5.97 Å². The van der Waals surface area contributed by atoms with Crippen LogP contribution in [0.1, 0.15) is 43.0 Å². The number of methoxy groups -OCH3 is 1. The van der Waals surface area contributed by atoms with Gasteiger partial charge in [-0.3, -0.25) is 0 Å². The summed E-state index contributed by atoms with van der Waals surface area (Å²) in [4.78, 5) is 12.2. The number of carbonyl (C=O) groups excluding carboxylic acids is 1. The summed E-state index contributed by atoms with van der Waals surface area (Å²) in [5.74, 6) is 0.764. The summed E-state index contributed by atoms with van der Waals surface area (Å²) >= 11 is 0. The lowest BCUT2D eigenvalue weighted by molar-refractivity contribution is -0.243. The third kappa shape index (κ3) is 2.49. The highest BCUT2D eigenvalue weighted by molar-refractivity contribution is 5.86. The van der Waals surface area contributed by atoms with E-state index in [-0.39, 0.29) is 23.4 Å². The van der Waals surface area contributed by atoms with Gasteiger partial charge in [0.05, 0.1) is 6.10 Å². The van der Waals surface area contributed by atoms with E-state index in [4.69, 9.17) is 18.6 Å². The molecule has 1 aliphatic carbocycles. The zero-order chi connectivity index (χ0) is 15.0. The number of hydrogen-bond acceptors (Lipinski definition) is 5. The number of rotatable bonds is 4. The van der Waals surface area contributed by atoms with Crippen LogP contribution in [0.5, 0.6) is 0 Å². The van der Waals surface area contributed by atoms with Gasteiger partial charge in [0.2, 0.25) is 5.76 Å². The summed E-state index contributed by atoms with van der Waals surface area (Å²) in [6.07, 6.45) is 2.18. The van der Waals surface area contributed by atoms with Crippen molar-refractivity contribution in [3.8, 4) is 0 Å². The second-order valence-corrected chi connectivity index (χ2v) is 6.44. The molecular formula is C16H22O5. The van der Waals surface area contributed by atoms with Gasteiger partial charge < -0.3 is 18.6 Å². The van der Waals surface area contributed by atoms with Gasteiger partial charge in [0.15, 0.2) is 0 Å². The topological polar surface area (TPSA) is 57.9 Å². The molecule has 3 rings (SSSR count). The van der Waals surface area contributed by atoms with Gasteiger partial charge in [0, 0.05) is 25.0 Å². The van der Waals surface area contributed by atoms with Crippen molar-refractivity contribution in [1.29, 1.82) is 0 Å². The van der Waals surface area contributed by atoms with Gasteiger partial charge in [-0.15, -0.1) is 0 Å². The summed E-state index contributed by atoms with van der Waals surface area (Å²) < 4.78 is 21.9. The van der Waals surface area contributed by atoms with Crippen LogP contribution in [0.3, 0.4) is 0 Å². The molecule has 1 aliphatic heterocycles. The summed E-state index contributed by atoms with van der Waals surface area (Å²) in [6.45, 7) is 5.34. The van der Waals surface area contributed by atoms with Crippen LogP contribution in [0.15, 0.2) is 16.5 Å². The molecule has 0 amide bonds. The molecule has 5 heteroatoms. The highest BCUT2D eigenvalue weighted by Gasteiger charge is 2.60. The van der Waals surface area contributed by atoms with Crippen LogP contribution in [0.4, 0.5) is 0 Å². The van der Waals surface area contributed by atoms with E-state index >= 15 is 0 Å². The Hall–Kier alpha value is -1.33. The quantitative estimate of drug-likeness (QED) is 0.799. The van der Waals surface area contributed by atoms with Crippen LogP contribution < -0.4 is 0 Å². The van der Waals surface area contributed by atoms with E-state index < -0.39 is 5.97 Å². The number of esters is 1. The fourth-order valence-electron chi connectivity index (χ4n) is 3.60. The highest BCUT2D eigenvalue weighted by atomic mass is 16.6. The SMILES string of the molecule is COCc1ccc(C(=O)O[C@@H]2[C@H]3CCCO[C@H]3C2(C)C)o1. The second-order valence-electron chi connectivity index (χ2n) is 6.44. The van der Waals surface area contributed by atoms with Crippen molar-refractivity contribution >= 4 is 5.97 Å². The summed E-state index contributed by atoms with van der Waals surface area (Å²) in [6, 6.07) is 3.37. The standard InChI is InChI=1S/C16H22O5/c1-16(2)13-11(5-4-8-19-13)14(16)21-15(17)12-7-6-10(20-12)9-18-3/h6-7,11,13-14H,4-5,8-9H2,1-3H3/t11-,13+,14+/m0/s1. The minimum atomic E-state index is -0.403. The normalized spacial score (nSPS) is 30.3. The fraction of sp³-hybridized carbons (Fsp3) is 0.688. The molecule has 0 radical (unpaired) electrons. The third-order valence-electron chi connectivity index (χ3n) is 4.61. The number of fused-ring (bicyclic) bond motifs is 1. The lowest BCUT2D eigenvalue weighted by atomic mass is 9.57. The lowest BCUT2D eigenvalue weighted by Crippen LogP contribution is -2.65. The van der Waals surface area contributed by atoms with E-state index in [1.54, 1.807) is 19.2 Å². The molecule has 0 aromatic carbocycles. The van der Waals surface area contributed by atoms with Crippen molar-refractivity contribution in [2.75, 3.05) is 13.7 Å². The maximum absolute atomic E-state index is 12.2. The predicted molar refractivity (Wildman–Crippen MR) is 74.9 cm³/mol. The van der Waals surface area contributed by atoms with Gasteiger partial charge in [-0.25, -0.2) is 4.79 Å². The van der Waals surface area contributed by atoms with Crippen LogP contribution in [-0.2, 0) is 20.8 Å². The van der Waals surface area contributed by atoms with Gasteiger partial charge in [0.1, 0.15) is 18.5 Å². The molecule has 2 heterocycles. The first-order chi connectivity index (χ1) is 10.0. The zero-order valence-electron chi connectivity index (χ0n) is 12.8. The van der Waals surface area contributed by atoms with Gasteiger partial charge in [-0.2, -0.15) is 0 Å². The molecule has 1 saturated carbocycles. The van der Waals surface area contributed by atoms with Crippen molar-refractivity contribution in [3.63, 3.8) is 0 Å². The number of ether oxygens (including phenoxy) is 3. The van der Waals surface area contributed by atoms with E-state index in [1.807, 2.05) is 0 Å². The van der Waals surface area contributed by atoms with Gasteiger partial charge in [0.25, 0.3) is 0 Å². The molecule has 116 valence electrons. The fourth-order valence-corrected chi connectivity index (χ4v) is 3.60. The van der Waals surface area contributed by atoms with E-state index in [0.717, 1.165) is 19.4 Å². The smallest absolute Gasteiger partial charge is 0.374 e. The van der Waals surface area contributed by atoms with E-state index in [0.29, 0.717) is 18.3 Å². The molecule has 2 aliphatic rings. The van der Waals surface area contributed by atoms with Crippen molar-refractivity contribution < 1.29 is 23.4 Å². The minimum Gasteiger partial charge on any atom is -0.455 e. The monoisotopic (exact) mass is 294 g/mol. The first kappa shape index (κ1) is 14.6. The van der Waals surface area contributed by atoms with Crippen molar-refractivity contribution in [3.05, 3.63) is 23.7 Å². The summed E-state index contributed by atoms with van der Waals surface area (Å²) in [7, 11) is 1.58. The second kappa shape index (κ2) is 5.46. The van der Waals surface area contributed by atoms with E-state index in [9.17, 15) is 4.79 Å². The average Bonchev–Trinajstić information content (AvgIpc) is 2.94. The van der Waals surface area contributed by atoms with Gasteiger partial charge in [-0.05, 0) is 25.0 Å². The molecule has 0 spiro atoms. The van der Waals surface area contributed by atoms with Crippen LogP contribution in [0.2, 0.25) is 0 Å². The molecule has 1 aromatic rings. The molecule has 3 atom stereocenters. The van der Waals surface area contributed by atoms with E-state index in [2.05, 4.69) is 13.8 Å². The number of furan rings is 1. The van der Waals surface area contributed by atoms with Crippen LogP contribution in [0, 0.1) is 11.3 Å². The van der Waals surface area contributed by atoms with Crippen LogP contribution >= 0.6 is 0 Å². The Bertz CT molecular complexity index is 518. The first-order valence-corrected chi connectivity index (χ1v) is 7.44. The van der Waals surface area contributed by atoms with Crippen molar-refractivity contribution in [2.45, 2.75) is 45.5 Å². The Labute approximate surface area is 124 Å². The largest absolute Gasteiger partial charge is 0.455 e. The summed E-state index contributed by atoms with van der Waals surface area (Å²) in [5.41, 5.74) is -0.136. The maximum Gasteiger partial charge on any atom is 0.374 e. The Balaban J connectivity index is 1.66. The first-order valence-electron chi connectivity index (χ1n) is 7.44. The Morgan fingerprint density at radius 3 is 3.00 bits per heavy atom. The molecule has 0 bridgehead atoms. The third-order valence-corrected chi connectivity index (χ3v) is 4.61. The van der Waals surface area contributed by atoms with Crippen LogP contribution in [0.25, 0.3) is 0 Å². The molecule has 1 saturated heterocycles. The maximum atomic E-state index is 12.2. The molecule has 1 aromatic heterocycles. The van der Waals surface area contributed by atoms with Crippen molar-refractivity contribution in [2.24, 2.45) is 11.3 Å². The minimum absolute atomic E-state index is 0.105. The molecule has 2 fully saturated rings. The number of hydrogen-bond donors (Lipinski definition) is 0. The van der Waals surface area contributed by atoms with E-state index in [1.165, 1.54) is 0 Å². The molecule has 0 N–H and O–H groups in total. The highest BCUT2D eigenvalue weighted by Crippen LogP contribution is 2.53. The van der Waals surface area contributed by atoms with Crippen LogP contribution in [-0.4, -0.2) is 31.9 Å².